The molecule has 96 valence electrons. The first-order chi connectivity index (χ1) is 8.26. The number of aryl methyl sites for hydroxylation is 1. The topological polar surface area (TPSA) is 63.8 Å². The van der Waals surface area contributed by atoms with Gasteiger partial charge in [0.2, 0.25) is 0 Å². The Balaban J connectivity index is 2.41. The first-order valence-electron chi connectivity index (χ1n) is 6.12. The van der Waals surface area contributed by atoms with Crippen molar-refractivity contribution >= 4 is 23.4 Å². The summed E-state index contributed by atoms with van der Waals surface area (Å²) in [6, 6.07) is 1.80. The summed E-state index contributed by atoms with van der Waals surface area (Å²) in [5.41, 5.74) is 5.75. The van der Waals surface area contributed by atoms with Crippen molar-refractivity contribution in [2.24, 2.45) is 0 Å². The Labute approximate surface area is 108 Å². The molecule has 17 heavy (non-hydrogen) atoms. The minimum Gasteiger partial charge on any atom is -0.384 e. The van der Waals surface area contributed by atoms with Crippen LogP contribution in [0.3, 0.4) is 0 Å². The zero-order valence-electron chi connectivity index (χ0n) is 10.7. The lowest BCUT2D eigenvalue weighted by Crippen LogP contribution is -2.08. The predicted octanol–water partition coefficient (Wildman–Crippen LogP) is 2.57. The number of hydrogen-bond donors (Lipinski definition) is 2. The van der Waals surface area contributed by atoms with E-state index in [0.29, 0.717) is 5.82 Å². The molecule has 0 aliphatic carbocycles. The Hall–Kier alpha value is -0.970. The van der Waals surface area contributed by atoms with Gasteiger partial charge < -0.3 is 11.1 Å². The summed E-state index contributed by atoms with van der Waals surface area (Å²) in [5.74, 6) is 3.45. The van der Waals surface area contributed by atoms with Crippen molar-refractivity contribution in [3.63, 3.8) is 0 Å². The molecular formula is C12H22N4S. The summed E-state index contributed by atoms with van der Waals surface area (Å²) in [6.07, 6.45) is 6.45. The van der Waals surface area contributed by atoms with Gasteiger partial charge in [0.15, 0.2) is 0 Å². The monoisotopic (exact) mass is 254 g/mol. The number of nitrogen functional groups attached to an aromatic ring is 1. The van der Waals surface area contributed by atoms with E-state index < -0.39 is 0 Å². The zero-order chi connectivity index (χ0) is 12.5. The molecule has 0 aliphatic heterocycles. The normalized spacial score (nSPS) is 10.5. The molecule has 4 nitrogen and oxygen atoms in total. The van der Waals surface area contributed by atoms with E-state index >= 15 is 0 Å². The zero-order valence-corrected chi connectivity index (χ0v) is 11.5. The maximum atomic E-state index is 5.75. The average molecular weight is 254 g/mol. The van der Waals surface area contributed by atoms with Crippen LogP contribution in [0.1, 0.15) is 32.0 Å². The highest BCUT2D eigenvalue weighted by molar-refractivity contribution is 7.98. The second kappa shape index (κ2) is 8.17. The number of thioether (sulfide) groups is 1. The van der Waals surface area contributed by atoms with E-state index in [0.717, 1.165) is 37.4 Å². The molecule has 0 atom stereocenters. The van der Waals surface area contributed by atoms with Crippen LogP contribution in [0.2, 0.25) is 0 Å². The van der Waals surface area contributed by atoms with E-state index in [2.05, 4.69) is 28.5 Å². The van der Waals surface area contributed by atoms with Crippen LogP contribution in [0.15, 0.2) is 6.07 Å². The Bertz CT molecular complexity index is 330. The van der Waals surface area contributed by atoms with Gasteiger partial charge in [-0.2, -0.15) is 11.8 Å². The standard InChI is InChI=1S/C12H22N4S/c1-3-6-11-15-10(13)9-12(16-11)14-7-4-5-8-17-2/h9H,3-8H2,1-2H3,(H3,13,14,15,16). The lowest BCUT2D eigenvalue weighted by molar-refractivity contribution is 0.819. The van der Waals surface area contributed by atoms with Crippen LogP contribution in [0.5, 0.6) is 0 Å². The van der Waals surface area contributed by atoms with Crippen LogP contribution in [0.25, 0.3) is 0 Å². The van der Waals surface area contributed by atoms with E-state index in [1.807, 2.05) is 11.8 Å². The molecule has 1 rings (SSSR count). The van der Waals surface area contributed by atoms with Gasteiger partial charge in [0.05, 0.1) is 0 Å². The molecule has 0 fully saturated rings. The number of unbranched alkanes of at least 4 members (excludes halogenated alkanes) is 1. The fraction of sp³-hybridized carbons (Fsp3) is 0.667. The van der Waals surface area contributed by atoms with Crippen molar-refractivity contribution in [3.05, 3.63) is 11.9 Å². The Morgan fingerprint density at radius 3 is 2.88 bits per heavy atom. The van der Waals surface area contributed by atoms with E-state index in [1.54, 1.807) is 6.07 Å². The molecule has 0 saturated heterocycles. The van der Waals surface area contributed by atoms with Crippen LogP contribution in [0, 0.1) is 0 Å². The lowest BCUT2D eigenvalue weighted by Gasteiger charge is -2.07. The molecule has 0 radical (unpaired) electrons. The summed E-state index contributed by atoms with van der Waals surface area (Å²) in [6.45, 7) is 3.06. The van der Waals surface area contributed by atoms with Crippen molar-refractivity contribution in [2.45, 2.75) is 32.6 Å². The molecule has 5 heteroatoms. The first kappa shape index (κ1) is 14.1. The molecule has 0 aromatic carbocycles. The predicted molar refractivity (Wildman–Crippen MR) is 76.5 cm³/mol. The van der Waals surface area contributed by atoms with Crippen molar-refractivity contribution in [2.75, 3.05) is 29.6 Å². The summed E-state index contributed by atoms with van der Waals surface area (Å²) in [4.78, 5) is 8.64. The number of anilines is 2. The highest BCUT2D eigenvalue weighted by Gasteiger charge is 2.01. The summed E-state index contributed by atoms with van der Waals surface area (Å²) < 4.78 is 0. The third-order valence-electron chi connectivity index (χ3n) is 2.35. The van der Waals surface area contributed by atoms with Crippen LogP contribution < -0.4 is 11.1 Å². The smallest absolute Gasteiger partial charge is 0.133 e. The maximum absolute atomic E-state index is 5.75. The first-order valence-corrected chi connectivity index (χ1v) is 7.52. The van der Waals surface area contributed by atoms with Gasteiger partial charge in [0.1, 0.15) is 17.5 Å². The third-order valence-corrected chi connectivity index (χ3v) is 3.04. The van der Waals surface area contributed by atoms with Crippen molar-refractivity contribution in [3.8, 4) is 0 Å². The average Bonchev–Trinajstić information content (AvgIpc) is 2.28. The summed E-state index contributed by atoms with van der Waals surface area (Å²) in [5, 5.41) is 3.30. The second-order valence-electron chi connectivity index (χ2n) is 3.97. The Morgan fingerprint density at radius 1 is 1.35 bits per heavy atom. The molecule has 3 N–H and O–H groups in total. The van der Waals surface area contributed by atoms with Gasteiger partial charge in [0.25, 0.3) is 0 Å². The van der Waals surface area contributed by atoms with Gasteiger partial charge >= 0.3 is 0 Å². The van der Waals surface area contributed by atoms with Crippen molar-refractivity contribution < 1.29 is 0 Å². The third kappa shape index (κ3) is 5.77. The van der Waals surface area contributed by atoms with Crippen LogP contribution in [-0.2, 0) is 6.42 Å². The van der Waals surface area contributed by atoms with Gasteiger partial charge in [-0.05, 0) is 31.3 Å². The van der Waals surface area contributed by atoms with Gasteiger partial charge in [0, 0.05) is 19.0 Å². The van der Waals surface area contributed by atoms with Gasteiger partial charge in [-0.25, -0.2) is 9.97 Å². The summed E-state index contributed by atoms with van der Waals surface area (Å²) in [7, 11) is 0. The molecule has 0 amide bonds. The number of nitrogens with zero attached hydrogens (tertiary/aromatic N) is 2. The number of aromatic nitrogens is 2. The van der Waals surface area contributed by atoms with Crippen LogP contribution >= 0.6 is 11.8 Å². The molecule has 1 aromatic rings. The summed E-state index contributed by atoms with van der Waals surface area (Å²) >= 11 is 1.89. The molecule has 0 unspecified atom stereocenters. The molecule has 1 aromatic heterocycles. The fourth-order valence-electron chi connectivity index (χ4n) is 1.53. The maximum Gasteiger partial charge on any atom is 0.133 e. The van der Waals surface area contributed by atoms with Crippen LogP contribution in [-0.4, -0.2) is 28.5 Å². The van der Waals surface area contributed by atoms with Gasteiger partial charge in [-0.1, -0.05) is 6.92 Å². The lowest BCUT2D eigenvalue weighted by atomic mass is 10.3. The molecule has 0 aliphatic rings. The number of nitrogens with two attached hydrogens (primary N) is 1. The molecule has 0 bridgehead atoms. The quantitative estimate of drug-likeness (QED) is 0.698. The molecule has 0 saturated carbocycles. The van der Waals surface area contributed by atoms with E-state index in [-0.39, 0.29) is 0 Å². The highest BCUT2D eigenvalue weighted by atomic mass is 32.2. The van der Waals surface area contributed by atoms with Crippen LogP contribution in [0.4, 0.5) is 11.6 Å². The van der Waals surface area contributed by atoms with Gasteiger partial charge in [-0.3, -0.25) is 0 Å². The molecule has 1 heterocycles. The minimum absolute atomic E-state index is 0.551. The Morgan fingerprint density at radius 2 is 2.18 bits per heavy atom. The SMILES string of the molecule is CCCc1nc(N)cc(NCCCCSC)n1. The molecular weight excluding hydrogens is 232 g/mol. The fourth-order valence-corrected chi connectivity index (χ4v) is 2.02. The number of hydrogen-bond acceptors (Lipinski definition) is 5. The minimum atomic E-state index is 0.551. The Kier molecular flexibility index (Phi) is 6.77. The molecule has 0 spiro atoms. The van der Waals surface area contributed by atoms with Gasteiger partial charge in [-0.15, -0.1) is 0 Å². The van der Waals surface area contributed by atoms with Crippen molar-refractivity contribution in [1.29, 1.82) is 0 Å². The van der Waals surface area contributed by atoms with E-state index in [1.165, 1.54) is 12.2 Å². The van der Waals surface area contributed by atoms with Crippen molar-refractivity contribution in [1.82, 2.24) is 9.97 Å². The van der Waals surface area contributed by atoms with E-state index in [4.69, 9.17) is 5.73 Å². The number of rotatable bonds is 8. The van der Waals surface area contributed by atoms with E-state index in [9.17, 15) is 0 Å². The number of nitrogens with one attached hydrogen (secondary N) is 1. The second-order valence-corrected chi connectivity index (χ2v) is 4.96. The highest BCUT2D eigenvalue weighted by Crippen LogP contribution is 2.10. The largest absolute Gasteiger partial charge is 0.384 e.